The highest BCUT2D eigenvalue weighted by Crippen LogP contribution is 2.05. The largest absolute Gasteiger partial charge is 0.477 e. The molecule has 1 aromatic heterocycles. The number of anilines is 1. The minimum atomic E-state index is -1.12. The molecule has 1 heterocycles. The molecule has 0 saturated heterocycles. The number of carbonyl (C=O) groups excluding carboxylic acids is 1. The molecule has 0 saturated carbocycles. The second kappa shape index (κ2) is 6.59. The molecule has 1 rings (SSSR count). The Morgan fingerprint density at radius 2 is 2.24 bits per heavy atom. The molecule has 6 nitrogen and oxygen atoms in total. The standard InChI is InChI=1S/C11H14N2O4/c1-17-7-3-6-10(14)13-9-5-2-4-8(12-9)11(15)16/h2,4-5H,3,6-7H2,1H3,(H,15,16)(H,12,13,14). The van der Waals surface area contributed by atoms with Crippen LogP contribution in [0.25, 0.3) is 0 Å². The van der Waals surface area contributed by atoms with Crippen LogP contribution in [0.15, 0.2) is 18.2 Å². The van der Waals surface area contributed by atoms with Crippen LogP contribution in [-0.4, -0.2) is 35.7 Å². The maximum atomic E-state index is 11.4. The first-order valence-electron chi connectivity index (χ1n) is 5.12. The molecular formula is C11H14N2O4. The quantitative estimate of drug-likeness (QED) is 0.725. The van der Waals surface area contributed by atoms with E-state index in [0.717, 1.165) is 0 Å². The Kier molecular flexibility index (Phi) is 5.09. The summed E-state index contributed by atoms with van der Waals surface area (Å²) < 4.78 is 4.82. The fourth-order valence-corrected chi connectivity index (χ4v) is 1.21. The average molecular weight is 238 g/mol. The third-order valence-electron chi connectivity index (χ3n) is 1.99. The Hall–Kier alpha value is -1.95. The lowest BCUT2D eigenvalue weighted by Gasteiger charge is -2.04. The zero-order valence-electron chi connectivity index (χ0n) is 9.47. The van der Waals surface area contributed by atoms with Crippen LogP contribution in [0, 0.1) is 0 Å². The highest BCUT2D eigenvalue weighted by Gasteiger charge is 2.07. The lowest BCUT2D eigenvalue weighted by atomic mass is 10.3. The fourth-order valence-electron chi connectivity index (χ4n) is 1.21. The molecule has 0 atom stereocenters. The van der Waals surface area contributed by atoms with E-state index in [0.29, 0.717) is 19.4 Å². The summed E-state index contributed by atoms with van der Waals surface area (Å²) in [4.78, 5) is 25.9. The van der Waals surface area contributed by atoms with Crippen molar-refractivity contribution in [3.05, 3.63) is 23.9 Å². The summed E-state index contributed by atoms with van der Waals surface area (Å²) in [6, 6.07) is 4.44. The van der Waals surface area contributed by atoms with Gasteiger partial charge in [-0.1, -0.05) is 6.07 Å². The predicted octanol–water partition coefficient (Wildman–Crippen LogP) is 1.14. The molecule has 2 N–H and O–H groups in total. The maximum Gasteiger partial charge on any atom is 0.354 e. The second-order valence-electron chi connectivity index (χ2n) is 3.36. The van der Waals surface area contributed by atoms with Gasteiger partial charge in [-0.25, -0.2) is 9.78 Å². The number of nitrogens with one attached hydrogen (secondary N) is 1. The van der Waals surface area contributed by atoms with E-state index in [4.69, 9.17) is 9.84 Å². The van der Waals surface area contributed by atoms with Crippen LogP contribution in [0.3, 0.4) is 0 Å². The number of aromatic carboxylic acids is 1. The maximum absolute atomic E-state index is 11.4. The monoisotopic (exact) mass is 238 g/mol. The van der Waals surface area contributed by atoms with Crippen LogP contribution in [0.2, 0.25) is 0 Å². The van der Waals surface area contributed by atoms with Gasteiger partial charge in [0, 0.05) is 20.1 Å². The van der Waals surface area contributed by atoms with E-state index < -0.39 is 5.97 Å². The molecule has 0 aromatic carbocycles. The van der Waals surface area contributed by atoms with Crippen molar-refractivity contribution in [2.45, 2.75) is 12.8 Å². The van der Waals surface area contributed by atoms with E-state index in [-0.39, 0.29) is 17.4 Å². The molecule has 0 aliphatic heterocycles. The summed E-state index contributed by atoms with van der Waals surface area (Å²) in [6.45, 7) is 0.510. The van der Waals surface area contributed by atoms with Gasteiger partial charge in [0.15, 0.2) is 5.69 Å². The summed E-state index contributed by atoms with van der Waals surface area (Å²) in [5, 5.41) is 11.3. The van der Waals surface area contributed by atoms with Crippen molar-refractivity contribution in [3.63, 3.8) is 0 Å². The number of amides is 1. The van der Waals surface area contributed by atoms with Crippen molar-refractivity contribution in [1.82, 2.24) is 4.98 Å². The molecule has 0 unspecified atom stereocenters. The number of hydrogen-bond donors (Lipinski definition) is 2. The number of rotatable bonds is 6. The van der Waals surface area contributed by atoms with Crippen LogP contribution >= 0.6 is 0 Å². The molecule has 1 amide bonds. The summed E-state index contributed by atoms with van der Waals surface area (Å²) >= 11 is 0. The minimum absolute atomic E-state index is 0.0975. The van der Waals surface area contributed by atoms with Gasteiger partial charge < -0.3 is 15.2 Å². The number of hydrogen-bond acceptors (Lipinski definition) is 4. The number of carboxylic acids is 1. The third kappa shape index (κ3) is 4.60. The van der Waals surface area contributed by atoms with Gasteiger partial charge in [-0.2, -0.15) is 0 Å². The summed E-state index contributed by atoms with van der Waals surface area (Å²) in [5.41, 5.74) is -0.0975. The van der Waals surface area contributed by atoms with Gasteiger partial charge in [-0.05, 0) is 18.6 Å². The van der Waals surface area contributed by atoms with Gasteiger partial charge >= 0.3 is 5.97 Å². The Bertz CT molecular complexity index is 406. The van der Waals surface area contributed by atoms with Gasteiger partial charge in [0.25, 0.3) is 0 Å². The molecule has 6 heteroatoms. The van der Waals surface area contributed by atoms with E-state index in [1.807, 2.05) is 0 Å². The predicted molar refractivity (Wildman–Crippen MR) is 60.9 cm³/mol. The average Bonchev–Trinajstić information content (AvgIpc) is 2.29. The van der Waals surface area contributed by atoms with Gasteiger partial charge in [0.2, 0.25) is 5.91 Å². The van der Waals surface area contributed by atoms with E-state index in [1.165, 1.54) is 12.1 Å². The topological polar surface area (TPSA) is 88.5 Å². The molecule has 0 aliphatic carbocycles. The first-order chi connectivity index (χ1) is 8.13. The Morgan fingerprint density at radius 3 is 2.88 bits per heavy atom. The van der Waals surface area contributed by atoms with Gasteiger partial charge in [-0.15, -0.1) is 0 Å². The molecule has 0 spiro atoms. The lowest BCUT2D eigenvalue weighted by Crippen LogP contribution is -2.14. The molecule has 0 fully saturated rings. The van der Waals surface area contributed by atoms with E-state index in [1.54, 1.807) is 13.2 Å². The van der Waals surface area contributed by atoms with E-state index >= 15 is 0 Å². The van der Waals surface area contributed by atoms with Crippen LogP contribution < -0.4 is 5.32 Å². The van der Waals surface area contributed by atoms with Crippen molar-refractivity contribution in [1.29, 1.82) is 0 Å². The summed E-state index contributed by atoms with van der Waals surface area (Å²) in [5.74, 6) is -1.09. The molecule has 92 valence electrons. The van der Waals surface area contributed by atoms with Crippen molar-refractivity contribution < 1.29 is 19.4 Å². The highest BCUT2D eigenvalue weighted by atomic mass is 16.5. The Labute approximate surface area is 98.6 Å². The van der Waals surface area contributed by atoms with E-state index in [9.17, 15) is 9.59 Å². The Morgan fingerprint density at radius 1 is 1.47 bits per heavy atom. The first-order valence-corrected chi connectivity index (χ1v) is 5.12. The smallest absolute Gasteiger partial charge is 0.354 e. The zero-order valence-corrected chi connectivity index (χ0v) is 9.47. The zero-order chi connectivity index (χ0) is 12.7. The molecule has 1 aromatic rings. The van der Waals surface area contributed by atoms with Crippen LogP contribution in [-0.2, 0) is 9.53 Å². The van der Waals surface area contributed by atoms with Crippen LogP contribution in [0.5, 0.6) is 0 Å². The number of carboxylic acid groups (broad SMARTS) is 1. The molecule has 0 aliphatic rings. The molecule has 0 bridgehead atoms. The number of aromatic nitrogens is 1. The van der Waals surface area contributed by atoms with Crippen LogP contribution in [0.1, 0.15) is 23.3 Å². The number of pyridine rings is 1. The fraction of sp³-hybridized carbons (Fsp3) is 0.364. The van der Waals surface area contributed by atoms with Crippen molar-refractivity contribution >= 4 is 17.7 Å². The van der Waals surface area contributed by atoms with Gasteiger partial charge in [0.05, 0.1) is 0 Å². The Balaban J connectivity index is 2.53. The summed E-state index contributed by atoms with van der Waals surface area (Å²) in [7, 11) is 1.57. The minimum Gasteiger partial charge on any atom is -0.477 e. The first kappa shape index (κ1) is 13.1. The number of nitrogens with zero attached hydrogens (tertiary/aromatic N) is 1. The van der Waals surface area contributed by atoms with E-state index in [2.05, 4.69) is 10.3 Å². The highest BCUT2D eigenvalue weighted by molar-refractivity contribution is 5.91. The normalized spacial score (nSPS) is 9.94. The number of methoxy groups -OCH3 is 1. The summed E-state index contributed by atoms with van der Waals surface area (Å²) in [6.07, 6.45) is 0.924. The van der Waals surface area contributed by atoms with Gasteiger partial charge in [-0.3, -0.25) is 4.79 Å². The van der Waals surface area contributed by atoms with Crippen molar-refractivity contribution in [3.8, 4) is 0 Å². The molecular weight excluding hydrogens is 224 g/mol. The van der Waals surface area contributed by atoms with Crippen LogP contribution in [0.4, 0.5) is 5.82 Å². The van der Waals surface area contributed by atoms with Gasteiger partial charge in [0.1, 0.15) is 5.82 Å². The lowest BCUT2D eigenvalue weighted by molar-refractivity contribution is -0.116. The molecule has 0 radical (unpaired) electrons. The van der Waals surface area contributed by atoms with Crippen molar-refractivity contribution in [2.75, 3.05) is 19.0 Å². The van der Waals surface area contributed by atoms with Crippen molar-refractivity contribution in [2.24, 2.45) is 0 Å². The third-order valence-corrected chi connectivity index (χ3v) is 1.99. The SMILES string of the molecule is COCCCC(=O)Nc1cccc(C(=O)O)n1. The second-order valence-corrected chi connectivity index (χ2v) is 3.36. The molecule has 17 heavy (non-hydrogen) atoms. The number of carbonyl (C=O) groups is 2. The number of ether oxygens (including phenoxy) is 1.